The van der Waals surface area contributed by atoms with Gasteiger partial charge in [-0.2, -0.15) is 0 Å². The highest BCUT2D eigenvalue weighted by atomic mass is 35.5. The molecule has 1 unspecified atom stereocenters. The van der Waals surface area contributed by atoms with Gasteiger partial charge in [-0.05, 0) is 32.8 Å². The average Bonchev–Trinajstić information content (AvgIpc) is 2.97. The van der Waals surface area contributed by atoms with Gasteiger partial charge in [0.05, 0.1) is 10.0 Å². The third kappa shape index (κ3) is 3.92. The molecule has 1 aliphatic heterocycles. The molecule has 1 aromatic heterocycles. The Morgan fingerprint density at radius 1 is 1.33 bits per heavy atom. The van der Waals surface area contributed by atoms with Crippen LogP contribution in [-0.2, 0) is 4.79 Å². The van der Waals surface area contributed by atoms with E-state index in [1.54, 1.807) is 6.07 Å². The molecule has 0 aliphatic carbocycles. The van der Waals surface area contributed by atoms with Crippen LogP contribution in [0.3, 0.4) is 0 Å². The van der Waals surface area contributed by atoms with Crippen LogP contribution in [0.1, 0.15) is 26.7 Å². The minimum absolute atomic E-state index is 0.0744. The second-order valence-electron chi connectivity index (χ2n) is 5.08. The number of hydrogen-bond acceptors (Lipinski definition) is 4. The van der Waals surface area contributed by atoms with Crippen LogP contribution in [0.5, 0.6) is 0 Å². The highest BCUT2D eigenvalue weighted by Gasteiger charge is 2.24. The minimum atomic E-state index is -0.372. The molecule has 1 aromatic rings. The van der Waals surface area contributed by atoms with Crippen molar-refractivity contribution in [2.45, 2.75) is 32.7 Å². The van der Waals surface area contributed by atoms with Crippen molar-refractivity contribution >= 4 is 40.7 Å². The summed E-state index contributed by atoms with van der Waals surface area (Å²) in [5, 5.41) is 7.01. The Balaban J connectivity index is 2.10. The molecule has 2 N–H and O–H groups in total. The molecule has 1 amide bonds. The first-order chi connectivity index (χ1) is 10.0. The number of aromatic nitrogens is 1. The fourth-order valence-electron chi connectivity index (χ4n) is 2.34. The quantitative estimate of drug-likeness (QED) is 0.870. The second-order valence-corrected chi connectivity index (χ2v) is 5.89. The van der Waals surface area contributed by atoms with Gasteiger partial charge in [-0.25, -0.2) is 4.98 Å². The lowest BCUT2D eigenvalue weighted by Crippen LogP contribution is -2.39. The molecule has 1 atom stereocenters. The Labute approximate surface area is 135 Å². The number of carbonyl (C=O) groups is 1. The third-order valence-electron chi connectivity index (χ3n) is 3.42. The van der Waals surface area contributed by atoms with Gasteiger partial charge >= 0.3 is 0 Å². The van der Waals surface area contributed by atoms with E-state index in [9.17, 15) is 4.79 Å². The molecule has 2 heterocycles. The molecule has 7 heteroatoms. The van der Waals surface area contributed by atoms with E-state index in [1.165, 1.54) is 0 Å². The number of nitrogens with zero attached hydrogens (tertiary/aromatic N) is 2. The summed E-state index contributed by atoms with van der Waals surface area (Å²) in [7, 11) is 0. The second kappa shape index (κ2) is 7.18. The van der Waals surface area contributed by atoms with Crippen LogP contribution in [0.4, 0.5) is 11.6 Å². The van der Waals surface area contributed by atoms with Crippen LogP contribution in [-0.4, -0.2) is 41.5 Å². The Kier molecular flexibility index (Phi) is 5.53. The van der Waals surface area contributed by atoms with Crippen molar-refractivity contribution in [2.24, 2.45) is 0 Å². The van der Waals surface area contributed by atoms with E-state index in [-0.39, 0.29) is 11.9 Å². The zero-order chi connectivity index (χ0) is 15.4. The maximum Gasteiger partial charge on any atom is 0.244 e. The summed E-state index contributed by atoms with van der Waals surface area (Å²) in [5.74, 6) is 1.11. The van der Waals surface area contributed by atoms with Crippen molar-refractivity contribution in [3.05, 3.63) is 16.1 Å². The number of pyridine rings is 1. The average molecular weight is 331 g/mol. The lowest BCUT2D eigenvalue weighted by Gasteiger charge is -2.22. The van der Waals surface area contributed by atoms with Crippen molar-refractivity contribution < 1.29 is 4.79 Å². The molecule has 1 fully saturated rings. The van der Waals surface area contributed by atoms with Crippen molar-refractivity contribution in [1.29, 1.82) is 0 Å². The van der Waals surface area contributed by atoms with Crippen molar-refractivity contribution in [3.8, 4) is 0 Å². The van der Waals surface area contributed by atoms with E-state index >= 15 is 0 Å². The van der Waals surface area contributed by atoms with Crippen LogP contribution < -0.4 is 10.6 Å². The molecule has 5 nitrogen and oxygen atoms in total. The molecule has 0 spiro atoms. The molecule has 0 aromatic carbocycles. The fraction of sp³-hybridized carbons (Fsp3) is 0.571. The van der Waals surface area contributed by atoms with Crippen LogP contribution in [0.25, 0.3) is 0 Å². The van der Waals surface area contributed by atoms with E-state index in [2.05, 4.69) is 15.6 Å². The van der Waals surface area contributed by atoms with Gasteiger partial charge in [0.2, 0.25) is 5.91 Å². The Morgan fingerprint density at radius 3 is 2.57 bits per heavy atom. The van der Waals surface area contributed by atoms with Crippen molar-refractivity contribution in [2.75, 3.05) is 30.3 Å². The maximum absolute atomic E-state index is 12.3. The topological polar surface area (TPSA) is 57.3 Å². The first kappa shape index (κ1) is 16.2. The third-order valence-corrected chi connectivity index (χ3v) is 3.99. The van der Waals surface area contributed by atoms with Gasteiger partial charge in [-0.1, -0.05) is 23.2 Å². The van der Waals surface area contributed by atoms with Crippen LogP contribution in [0.2, 0.25) is 10.0 Å². The van der Waals surface area contributed by atoms with Gasteiger partial charge in [0.25, 0.3) is 0 Å². The molecule has 1 aliphatic rings. The fourth-order valence-corrected chi connectivity index (χ4v) is 2.82. The monoisotopic (exact) mass is 330 g/mol. The smallest absolute Gasteiger partial charge is 0.244 e. The summed E-state index contributed by atoms with van der Waals surface area (Å²) in [6.45, 7) is 6.14. The number of halogens is 2. The molecule has 1 saturated heterocycles. The van der Waals surface area contributed by atoms with Gasteiger partial charge in [-0.3, -0.25) is 4.79 Å². The zero-order valence-electron chi connectivity index (χ0n) is 12.2. The van der Waals surface area contributed by atoms with Gasteiger partial charge in [0.15, 0.2) is 0 Å². The number of nitrogens with one attached hydrogen (secondary N) is 2. The molecule has 116 valence electrons. The summed E-state index contributed by atoms with van der Waals surface area (Å²) in [6.07, 6.45) is 2.14. The highest BCUT2D eigenvalue weighted by molar-refractivity contribution is 6.37. The van der Waals surface area contributed by atoms with Crippen molar-refractivity contribution in [3.63, 3.8) is 0 Å². The van der Waals surface area contributed by atoms with Gasteiger partial charge in [0, 0.05) is 19.6 Å². The first-order valence-corrected chi connectivity index (χ1v) is 7.93. The Hall–Kier alpha value is -1.20. The molecule has 0 radical (unpaired) electrons. The number of amides is 1. The summed E-state index contributed by atoms with van der Waals surface area (Å²) in [5.41, 5.74) is 0. The molecule has 0 bridgehead atoms. The van der Waals surface area contributed by atoms with Gasteiger partial charge in [-0.15, -0.1) is 0 Å². The summed E-state index contributed by atoms with van der Waals surface area (Å²) < 4.78 is 0. The van der Waals surface area contributed by atoms with Crippen LogP contribution >= 0.6 is 23.2 Å². The summed E-state index contributed by atoms with van der Waals surface area (Å²) >= 11 is 12.2. The SMILES string of the molecule is CCNc1nc(NC(C)C(=O)N2CCCC2)c(Cl)cc1Cl. The lowest BCUT2D eigenvalue weighted by atomic mass is 10.3. The summed E-state index contributed by atoms with van der Waals surface area (Å²) in [4.78, 5) is 18.5. The minimum Gasteiger partial charge on any atom is -0.369 e. The first-order valence-electron chi connectivity index (χ1n) is 7.18. The van der Waals surface area contributed by atoms with Crippen LogP contribution in [0, 0.1) is 0 Å². The number of anilines is 2. The maximum atomic E-state index is 12.3. The zero-order valence-corrected chi connectivity index (χ0v) is 13.8. The molecule has 21 heavy (non-hydrogen) atoms. The van der Waals surface area contributed by atoms with E-state index in [4.69, 9.17) is 23.2 Å². The molecular weight excluding hydrogens is 311 g/mol. The highest BCUT2D eigenvalue weighted by Crippen LogP contribution is 2.29. The number of hydrogen-bond donors (Lipinski definition) is 2. The normalized spacial score (nSPS) is 15.9. The molecule has 0 saturated carbocycles. The van der Waals surface area contributed by atoms with Crippen LogP contribution in [0.15, 0.2) is 6.07 Å². The van der Waals surface area contributed by atoms with E-state index in [0.717, 1.165) is 25.9 Å². The largest absolute Gasteiger partial charge is 0.369 e. The predicted molar refractivity (Wildman–Crippen MR) is 87.3 cm³/mol. The number of carbonyl (C=O) groups excluding carboxylic acids is 1. The number of rotatable bonds is 5. The van der Waals surface area contributed by atoms with E-state index in [1.807, 2.05) is 18.7 Å². The lowest BCUT2D eigenvalue weighted by molar-refractivity contribution is -0.130. The molecule has 2 rings (SSSR count). The predicted octanol–water partition coefficient (Wildman–Crippen LogP) is 3.24. The van der Waals surface area contributed by atoms with Gasteiger partial charge in [0.1, 0.15) is 17.7 Å². The van der Waals surface area contributed by atoms with E-state index < -0.39 is 0 Å². The Bertz CT molecular complexity index is 518. The number of likely N-dealkylation sites (tertiary alicyclic amines) is 1. The summed E-state index contributed by atoms with van der Waals surface area (Å²) in [6, 6.07) is 1.26. The Morgan fingerprint density at radius 2 is 1.95 bits per heavy atom. The van der Waals surface area contributed by atoms with Gasteiger partial charge < -0.3 is 15.5 Å². The standard InChI is InChI=1S/C14H20Cl2N4O/c1-3-17-12-10(15)8-11(16)13(19-12)18-9(2)14(21)20-6-4-5-7-20/h8-9H,3-7H2,1-2H3,(H2,17,18,19). The van der Waals surface area contributed by atoms with E-state index in [0.29, 0.717) is 28.2 Å². The van der Waals surface area contributed by atoms with Crippen molar-refractivity contribution in [1.82, 2.24) is 9.88 Å². The molecular formula is C14H20Cl2N4O.